The van der Waals surface area contributed by atoms with E-state index < -0.39 is 23.2 Å². The number of allylic oxidation sites excluding steroid dienone is 8. The first-order chi connectivity index (χ1) is 10.9. The molecule has 24 heavy (non-hydrogen) atoms. The Hall–Kier alpha value is -0.157. The monoisotopic (exact) mass is 400 g/mol. The van der Waals surface area contributed by atoms with Gasteiger partial charge in [-0.05, 0) is 0 Å². The molecule has 0 spiro atoms. The number of hydrogen-bond donors (Lipinski definition) is 0. The summed E-state index contributed by atoms with van der Waals surface area (Å²) in [5.41, 5.74) is 13.7. The molecule has 0 nitrogen and oxygen atoms in total. The second-order valence-electron chi connectivity index (χ2n) is 9.33. The Labute approximate surface area is 161 Å². The summed E-state index contributed by atoms with van der Waals surface area (Å²) >= 11 is -0.431. The van der Waals surface area contributed by atoms with Crippen molar-refractivity contribution in [2.45, 2.75) is 82.9 Å². The molecule has 0 aromatic carbocycles. The van der Waals surface area contributed by atoms with E-state index in [4.69, 9.17) is 0 Å². The minimum absolute atomic E-state index is 0.239. The van der Waals surface area contributed by atoms with Gasteiger partial charge in [-0.2, -0.15) is 0 Å². The molecule has 130 valence electrons. The van der Waals surface area contributed by atoms with Crippen molar-refractivity contribution in [1.29, 1.82) is 0 Å². The van der Waals surface area contributed by atoms with E-state index in [9.17, 15) is 0 Å². The molecule has 1 heteroatoms. The molecule has 1 saturated heterocycles. The van der Waals surface area contributed by atoms with Gasteiger partial charge in [-0.1, -0.05) is 0 Å². The summed E-state index contributed by atoms with van der Waals surface area (Å²) in [7, 11) is 0. The van der Waals surface area contributed by atoms with Crippen LogP contribution in [0.15, 0.2) is 44.6 Å². The van der Waals surface area contributed by atoms with Gasteiger partial charge >= 0.3 is 162 Å². The Bertz CT molecular complexity index is 683. The maximum atomic E-state index is 2.49. The zero-order chi connectivity index (χ0) is 18.2. The van der Waals surface area contributed by atoms with Crippen LogP contribution in [0.3, 0.4) is 0 Å². The van der Waals surface area contributed by atoms with Crippen molar-refractivity contribution in [3.05, 3.63) is 44.6 Å². The van der Waals surface area contributed by atoms with Gasteiger partial charge in [-0.25, -0.2) is 0 Å². The Kier molecular flexibility index (Phi) is 4.21. The van der Waals surface area contributed by atoms with Crippen molar-refractivity contribution in [3.8, 4) is 0 Å². The van der Waals surface area contributed by atoms with Crippen LogP contribution in [0.1, 0.15) is 75.7 Å². The molecule has 0 saturated carbocycles. The van der Waals surface area contributed by atoms with Crippen LogP contribution in [0.2, 0.25) is 7.25 Å². The first-order valence-corrected chi connectivity index (χ1v) is 12.4. The minimum atomic E-state index is -0.431. The molecule has 0 radical (unpaired) electrons. The molecule has 0 atom stereocenters. The summed E-state index contributed by atoms with van der Waals surface area (Å²) in [5, 5.41) is 0. The third-order valence-corrected chi connectivity index (χ3v) is 12.5. The van der Waals surface area contributed by atoms with Crippen LogP contribution in [0, 0.1) is 10.8 Å². The zero-order valence-corrected chi connectivity index (χ0v) is 19.9. The molecule has 1 aliphatic heterocycles. The van der Waals surface area contributed by atoms with Crippen LogP contribution >= 0.6 is 0 Å². The molecule has 0 bridgehead atoms. The van der Waals surface area contributed by atoms with Gasteiger partial charge in [0.2, 0.25) is 0 Å². The van der Waals surface area contributed by atoms with Gasteiger partial charge < -0.3 is 0 Å². The number of hydrogen-bond acceptors (Lipinski definition) is 0. The average Bonchev–Trinajstić information content (AvgIpc) is 2.70. The van der Waals surface area contributed by atoms with Crippen molar-refractivity contribution >= 4 is 0 Å². The second-order valence-corrected chi connectivity index (χ2v) is 13.5. The summed E-state index contributed by atoms with van der Waals surface area (Å²) in [4.78, 5) is 0. The fraction of sp³-hybridized carbons (Fsp3) is 0.652. The van der Waals surface area contributed by atoms with Crippen molar-refractivity contribution in [3.63, 3.8) is 0 Å². The quantitative estimate of drug-likeness (QED) is 0.451. The van der Waals surface area contributed by atoms with Gasteiger partial charge in [0.05, 0.1) is 0 Å². The van der Waals surface area contributed by atoms with E-state index in [0.717, 1.165) is 0 Å². The van der Waals surface area contributed by atoms with Crippen LogP contribution < -0.4 is 0 Å². The Morgan fingerprint density at radius 3 is 1.12 bits per heavy atom. The first kappa shape index (κ1) is 18.6. The standard InChI is InChI=1S/C23H34.Zr/c1-12-19(20-15(4)13(2)17(6)22(20,8)9)21-16(5)14(3)18(7)23(21,10)11;/h1,12H2,2-11H3;. The average molecular weight is 402 g/mol. The van der Waals surface area contributed by atoms with Gasteiger partial charge in [0, 0.05) is 0 Å². The third-order valence-electron chi connectivity index (χ3n) is 7.91. The fourth-order valence-corrected chi connectivity index (χ4v) is 11.0. The molecule has 3 aliphatic rings. The topological polar surface area (TPSA) is 0 Å². The first-order valence-electron chi connectivity index (χ1n) is 9.46. The van der Waals surface area contributed by atoms with E-state index in [-0.39, 0.29) is 10.8 Å². The zero-order valence-electron chi connectivity index (χ0n) is 17.4. The Balaban J connectivity index is 2.25. The van der Waals surface area contributed by atoms with Gasteiger partial charge in [0.15, 0.2) is 0 Å². The summed E-state index contributed by atoms with van der Waals surface area (Å²) in [6.07, 6.45) is 1.41. The predicted octanol–water partition coefficient (Wildman–Crippen LogP) is 7.44. The van der Waals surface area contributed by atoms with Gasteiger partial charge in [0.1, 0.15) is 0 Å². The van der Waals surface area contributed by atoms with Crippen LogP contribution in [0.25, 0.3) is 0 Å². The third kappa shape index (κ3) is 2.06. The SMILES string of the molecule is CC1=C(C)C(C)(C)C([C]2(C3=C(C)C(C)=C(C)C3(C)C)C[CH2][Zr]2)=C1C. The molecule has 0 aromatic rings. The maximum absolute atomic E-state index is 2.49. The van der Waals surface area contributed by atoms with Gasteiger partial charge in [-0.3, -0.25) is 0 Å². The van der Waals surface area contributed by atoms with Crippen molar-refractivity contribution in [1.82, 2.24) is 0 Å². The molecular weight excluding hydrogens is 367 g/mol. The van der Waals surface area contributed by atoms with Crippen LogP contribution in [-0.4, -0.2) is 0 Å². The molecule has 2 aliphatic carbocycles. The molecule has 0 unspecified atom stereocenters. The molecule has 0 aromatic heterocycles. The normalized spacial score (nSPS) is 27.9. The Morgan fingerprint density at radius 1 is 0.625 bits per heavy atom. The molecule has 1 fully saturated rings. The summed E-state index contributed by atoms with van der Waals surface area (Å²) < 4.78 is 2.00. The van der Waals surface area contributed by atoms with Crippen molar-refractivity contribution < 1.29 is 23.2 Å². The molecular formula is C23H34Zr. The van der Waals surface area contributed by atoms with E-state index >= 15 is 0 Å². The number of rotatable bonds is 2. The van der Waals surface area contributed by atoms with E-state index in [1.165, 1.54) is 6.42 Å². The van der Waals surface area contributed by atoms with Crippen LogP contribution in [0.4, 0.5) is 0 Å². The summed E-state index contributed by atoms with van der Waals surface area (Å²) in [5.74, 6) is 0. The van der Waals surface area contributed by atoms with Gasteiger partial charge in [0.25, 0.3) is 0 Å². The Morgan fingerprint density at radius 2 is 0.958 bits per heavy atom. The van der Waals surface area contributed by atoms with E-state index in [0.29, 0.717) is 3.12 Å². The van der Waals surface area contributed by atoms with E-state index in [1.807, 2.05) is 11.1 Å². The van der Waals surface area contributed by atoms with Crippen molar-refractivity contribution in [2.24, 2.45) is 10.8 Å². The van der Waals surface area contributed by atoms with Crippen molar-refractivity contribution in [2.75, 3.05) is 0 Å². The van der Waals surface area contributed by atoms with Crippen LogP contribution in [0.5, 0.6) is 0 Å². The predicted molar refractivity (Wildman–Crippen MR) is 102 cm³/mol. The molecule has 0 N–H and O–H groups in total. The summed E-state index contributed by atoms with van der Waals surface area (Å²) in [6, 6.07) is 0. The van der Waals surface area contributed by atoms with Crippen LogP contribution in [-0.2, 0) is 23.2 Å². The molecule has 3 rings (SSSR count). The molecule has 1 heterocycles. The van der Waals surface area contributed by atoms with E-state index in [2.05, 4.69) is 69.2 Å². The second kappa shape index (κ2) is 5.42. The molecule has 0 amide bonds. The van der Waals surface area contributed by atoms with Gasteiger partial charge in [-0.15, -0.1) is 0 Å². The fourth-order valence-electron chi connectivity index (χ4n) is 5.82. The van der Waals surface area contributed by atoms with E-state index in [1.54, 1.807) is 37.6 Å². The summed E-state index contributed by atoms with van der Waals surface area (Å²) in [6.45, 7) is 24.2.